The van der Waals surface area contributed by atoms with Gasteiger partial charge in [0.25, 0.3) is 11.6 Å². The number of nitrogens with zero attached hydrogens (tertiary/aromatic N) is 2. The molecule has 1 aliphatic heterocycles. The van der Waals surface area contributed by atoms with E-state index in [1.54, 1.807) is 4.90 Å². The maximum Gasteiger partial charge on any atom is 0.344 e. The summed E-state index contributed by atoms with van der Waals surface area (Å²) in [4.78, 5) is 35.7. The van der Waals surface area contributed by atoms with Crippen LogP contribution in [0.15, 0.2) is 18.2 Å². The Bertz CT molecular complexity index is 580. The summed E-state index contributed by atoms with van der Waals surface area (Å²) in [7, 11) is 1.13. The van der Waals surface area contributed by atoms with Gasteiger partial charge >= 0.3 is 5.97 Å². The molecule has 1 heterocycles. The Morgan fingerprint density at radius 3 is 2.57 bits per heavy atom. The van der Waals surface area contributed by atoms with Gasteiger partial charge in [-0.25, -0.2) is 4.79 Å². The van der Waals surface area contributed by atoms with Crippen LogP contribution in [-0.2, 0) is 9.47 Å². The van der Waals surface area contributed by atoms with Crippen LogP contribution in [0.4, 0.5) is 5.69 Å². The van der Waals surface area contributed by atoms with Gasteiger partial charge in [0.05, 0.1) is 25.2 Å². The summed E-state index contributed by atoms with van der Waals surface area (Å²) >= 11 is 0. The van der Waals surface area contributed by atoms with Gasteiger partial charge in [0.2, 0.25) is 0 Å². The molecule has 1 fully saturated rings. The Balaban J connectivity index is 2.34. The Morgan fingerprint density at radius 1 is 1.33 bits per heavy atom. The van der Waals surface area contributed by atoms with Crippen molar-refractivity contribution in [3.8, 4) is 0 Å². The summed E-state index contributed by atoms with van der Waals surface area (Å²) in [5.74, 6) is -1.14. The number of carbonyl (C=O) groups is 2. The maximum absolute atomic E-state index is 12.3. The molecule has 112 valence electrons. The summed E-state index contributed by atoms with van der Waals surface area (Å²) in [6.45, 7) is 1.79. The monoisotopic (exact) mass is 294 g/mol. The number of hydrogen-bond acceptors (Lipinski definition) is 6. The lowest BCUT2D eigenvalue weighted by Gasteiger charge is -2.26. The van der Waals surface area contributed by atoms with Gasteiger partial charge < -0.3 is 14.4 Å². The average molecular weight is 294 g/mol. The number of esters is 1. The number of morpholine rings is 1. The first kappa shape index (κ1) is 14.9. The number of rotatable bonds is 3. The van der Waals surface area contributed by atoms with Gasteiger partial charge in [-0.05, 0) is 12.1 Å². The van der Waals surface area contributed by atoms with Crippen molar-refractivity contribution in [1.82, 2.24) is 4.90 Å². The van der Waals surface area contributed by atoms with Crippen molar-refractivity contribution in [2.24, 2.45) is 0 Å². The third kappa shape index (κ3) is 3.16. The predicted molar refractivity (Wildman–Crippen MR) is 71.2 cm³/mol. The van der Waals surface area contributed by atoms with E-state index in [-0.39, 0.29) is 22.7 Å². The first-order valence-corrected chi connectivity index (χ1v) is 6.28. The third-order valence-electron chi connectivity index (χ3n) is 3.14. The van der Waals surface area contributed by atoms with Gasteiger partial charge in [0, 0.05) is 24.7 Å². The molecule has 8 heteroatoms. The van der Waals surface area contributed by atoms with Gasteiger partial charge in [-0.2, -0.15) is 0 Å². The lowest BCUT2D eigenvalue weighted by molar-refractivity contribution is -0.385. The molecule has 0 aromatic heterocycles. The number of methoxy groups -OCH3 is 1. The predicted octanol–water partition coefficient (Wildman–Crippen LogP) is 0.854. The molecule has 0 spiro atoms. The molecule has 1 aliphatic rings. The van der Waals surface area contributed by atoms with Crippen molar-refractivity contribution in [3.05, 3.63) is 39.4 Å². The van der Waals surface area contributed by atoms with Gasteiger partial charge in [0.1, 0.15) is 5.56 Å². The van der Waals surface area contributed by atoms with Crippen LogP contribution in [0, 0.1) is 10.1 Å². The highest BCUT2D eigenvalue weighted by Crippen LogP contribution is 2.22. The first-order valence-electron chi connectivity index (χ1n) is 6.28. The Morgan fingerprint density at radius 2 is 2.00 bits per heavy atom. The number of ether oxygens (including phenoxy) is 2. The Hall–Kier alpha value is -2.48. The number of nitro groups is 1. The van der Waals surface area contributed by atoms with Crippen LogP contribution < -0.4 is 0 Å². The van der Waals surface area contributed by atoms with Crippen molar-refractivity contribution in [2.45, 2.75) is 0 Å². The minimum absolute atomic E-state index is 0.211. The topological polar surface area (TPSA) is 99.0 Å². The zero-order valence-corrected chi connectivity index (χ0v) is 11.4. The number of hydrogen-bond donors (Lipinski definition) is 0. The molecule has 21 heavy (non-hydrogen) atoms. The zero-order valence-electron chi connectivity index (χ0n) is 11.4. The highest BCUT2D eigenvalue weighted by atomic mass is 16.6. The average Bonchev–Trinajstić information content (AvgIpc) is 2.53. The fourth-order valence-corrected chi connectivity index (χ4v) is 2.05. The summed E-state index contributed by atoms with van der Waals surface area (Å²) in [5.41, 5.74) is -0.412. The van der Waals surface area contributed by atoms with Crippen LogP contribution >= 0.6 is 0 Å². The van der Waals surface area contributed by atoms with E-state index in [0.29, 0.717) is 26.3 Å². The van der Waals surface area contributed by atoms with E-state index >= 15 is 0 Å². The molecule has 0 atom stereocenters. The molecule has 0 N–H and O–H groups in total. The van der Waals surface area contributed by atoms with E-state index in [1.165, 1.54) is 12.1 Å². The molecule has 1 saturated heterocycles. The van der Waals surface area contributed by atoms with Crippen molar-refractivity contribution < 1.29 is 24.0 Å². The molecule has 2 rings (SSSR count). The molecule has 8 nitrogen and oxygen atoms in total. The molecule has 1 aromatic rings. The number of benzene rings is 1. The minimum Gasteiger partial charge on any atom is -0.465 e. The van der Waals surface area contributed by atoms with Gasteiger partial charge in [-0.3, -0.25) is 14.9 Å². The van der Waals surface area contributed by atoms with Gasteiger partial charge in [-0.1, -0.05) is 0 Å². The van der Waals surface area contributed by atoms with E-state index in [2.05, 4.69) is 4.74 Å². The second kappa shape index (κ2) is 6.31. The largest absolute Gasteiger partial charge is 0.465 e. The normalized spacial score (nSPS) is 14.6. The molecule has 1 amide bonds. The van der Waals surface area contributed by atoms with Crippen LogP contribution in [0.1, 0.15) is 20.7 Å². The first-order chi connectivity index (χ1) is 10.0. The van der Waals surface area contributed by atoms with E-state index < -0.39 is 10.9 Å². The third-order valence-corrected chi connectivity index (χ3v) is 3.14. The second-order valence-electron chi connectivity index (χ2n) is 4.39. The SMILES string of the molecule is COC(=O)c1cc(C(=O)N2CCOCC2)ccc1[N+](=O)[O-]. The van der Waals surface area contributed by atoms with Crippen LogP contribution in [0.2, 0.25) is 0 Å². The molecule has 0 bridgehead atoms. The molecular weight excluding hydrogens is 280 g/mol. The zero-order chi connectivity index (χ0) is 15.4. The fraction of sp³-hybridized carbons (Fsp3) is 0.385. The molecule has 0 saturated carbocycles. The number of amides is 1. The van der Waals surface area contributed by atoms with Crippen molar-refractivity contribution in [1.29, 1.82) is 0 Å². The molecular formula is C13H14N2O6. The lowest BCUT2D eigenvalue weighted by Crippen LogP contribution is -2.40. The maximum atomic E-state index is 12.3. The highest BCUT2D eigenvalue weighted by Gasteiger charge is 2.25. The van der Waals surface area contributed by atoms with Crippen LogP contribution in [0.25, 0.3) is 0 Å². The smallest absolute Gasteiger partial charge is 0.344 e. The number of nitro benzene ring substituents is 1. The van der Waals surface area contributed by atoms with Crippen molar-refractivity contribution in [2.75, 3.05) is 33.4 Å². The lowest BCUT2D eigenvalue weighted by atomic mass is 10.1. The van der Waals surface area contributed by atoms with Crippen LogP contribution in [-0.4, -0.2) is 55.1 Å². The second-order valence-corrected chi connectivity index (χ2v) is 4.39. The van der Waals surface area contributed by atoms with E-state index in [1.807, 2.05) is 0 Å². The molecule has 0 radical (unpaired) electrons. The van der Waals surface area contributed by atoms with Crippen LogP contribution in [0.5, 0.6) is 0 Å². The Labute approximate surface area is 120 Å². The van der Waals surface area contributed by atoms with Gasteiger partial charge in [-0.15, -0.1) is 0 Å². The van der Waals surface area contributed by atoms with Crippen molar-refractivity contribution in [3.63, 3.8) is 0 Å². The van der Waals surface area contributed by atoms with E-state index in [0.717, 1.165) is 13.2 Å². The van der Waals surface area contributed by atoms with Crippen LogP contribution in [0.3, 0.4) is 0 Å². The van der Waals surface area contributed by atoms with E-state index in [9.17, 15) is 19.7 Å². The standard InChI is InChI=1S/C13H14N2O6/c1-20-13(17)10-8-9(2-3-11(10)15(18)19)12(16)14-4-6-21-7-5-14/h2-3,8H,4-7H2,1H3. The fourth-order valence-electron chi connectivity index (χ4n) is 2.05. The summed E-state index contributed by atoms with van der Waals surface area (Å²) in [5, 5.41) is 10.9. The summed E-state index contributed by atoms with van der Waals surface area (Å²) in [6, 6.07) is 3.67. The Kier molecular flexibility index (Phi) is 4.49. The minimum atomic E-state index is -0.849. The summed E-state index contributed by atoms with van der Waals surface area (Å²) < 4.78 is 9.68. The van der Waals surface area contributed by atoms with Crippen molar-refractivity contribution >= 4 is 17.6 Å². The highest BCUT2D eigenvalue weighted by molar-refractivity contribution is 6.00. The quantitative estimate of drug-likeness (QED) is 0.465. The van der Waals surface area contributed by atoms with Gasteiger partial charge in [0.15, 0.2) is 0 Å². The molecule has 0 unspecified atom stereocenters. The number of carbonyl (C=O) groups excluding carboxylic acids is 2. The molecule has 0 aliphatic carbocycles. The molecule has 1 aromatic carbocycles. The van der Waals surface area contributed by atoms with E-state index in [4.69, 9.17) is 4.74 Å². The summed E-state index contributed by atoms with van der Waals surface area (Å²) in [6.07, 6.45) is 0.